The van der Waals surface area contributed by atoms with Crippen molar-refractivity contribution in [2.75, 3.05) is 12.4 Å². The van der Waals surface area contributed by atoms with Crippen molar-refractivity contribution in [1.82, 2.24) is 4.48 Å². The highest BCUT2D eigenvalue weighted by Crippen LogP contribution is 2.59. The van der Waals surface area contributed by atoms with Gasteiger partial charge in [0.05, 0.1) is 12.6 Å². The van der Waals surface area contributed by atoms with Crippen LogP contribution in [0.2, 0.25) is 0 Å². The molecule has 1 fully saturated rings. The number of aryl methyl sites for hydroxylation is 1. The van der Waals surface area contributed by atoms with Crippen LogP contribution >= 0.6 is 0 Å². The first-order valence-corrected chi connectivity index (χ1v) is 13.2. The molecule has 0 spiro atoms. The van der Waals surface area contributed by atoms with E-state index in [4.69, 9.17) is 0 Å². The molecule has 1 heterocycles. The van der Waals surface area contributed by atoms with Gasteiger partial charge in [-0.1, -0.05) is 36.8 Å². The van der Waals surface area contributed by atoms with Crippen LogP contribution in [0.4, 0.5) is 28.9 Å². The molecule has 3 aliphatic rings. The summed E-state index contributed by atoms with van der Waals surface area (Å²) < 4.78 is 52.8. The van der Waals surface area contributed by atoms with E-state index in [1.165, 1.54) is 18.2 Å². The van der Waals surface area contributed by atoms with Crippen molar-refractivity contribution in [1.29, 1.82) is 0 Å². The Morgan fingerprint density at radius 1 is 1.15 bits per heavy atom. The molecule has 206 valence electrons. The second kappa shape index (κ2) is 9.45. The maximum Gasteiger partial charge on any atom is 0.471 e. The summed E-state index contributed by atoms with van der Waals surface area (Å²) >= 11 is 0. The second-order valence-corrected chi connectivity index (χ2v) is 11.4. The summed E-state index contributed by atoms with van der Waals surface area (Å²) in [5.41, 5.74) is 3.41. The van der Waals surface area contributed by atoms with Crippen LogP contribution in [0.3, 0.4) is 0 Å². The van der Waals surface area contributed by atoms with E-state index in [1.807, 2.05) is 17.4 Å². The lowest BCUT2D eigenvalue weighted by atomic mass is 9.64. The standard InChI is InChI=1S/C31H32F4N2O2/c1-20-8-9-22-19-29(2)23(18-27(22)37(20,3)25-12-10-24(32)11-13-25)15-17-30(29,39)16-14-21-6-4-5-7-26(21)36-28(38)31(33,34)35/h4-13,18,20,39H,14-17,19H2,1-3H3/p+1/t20-,29?,30?,37?/m0/s1. The minimum atomic E-state index is -4.98. The first-order valence-electron chi connectivity index (χ1n) is 13.2. The SMILES string of the molecule is C[C@H]1C=CC2=C(C=C3CCC(O)(CCc4ccccc4NC(=O)C(F)(F)F)C3(C)C2)[N+]1(C)c1ccc(F)cc1. The van der Waals surface area contributed by atoms with Crippen molar-refractivity contribution >= 4 is 17.3 Å². The maximum atomic E-state index is 13.7. The number of aliphatic hydroxyl groups is 1. The van der Waals surface area contributed by atoms with Gasteiger partial charge in [-0.05, 0) is 74.9 Å². The molecule has 3 unspecified atom stereocenters. The van der Waals surface area contributed by atoms with E-state index in [-0.39, 0.29) is 17.5 Å². The number of rotatable bonds is 5. The third-order valence-electron chi connectivity index (χ3n) is 9.31. The number of nitrogens with one attached hydrogen (secondary N) is 1. The number of carbonyl (C=O) groups excluding carboxylic acids is 1. The van der Waals surface area contributed by atoms with E-state index < -0.39 is 23.1 Å². The van der Waals surface area contributed by atoms with Gasteiger partial charge in [-0.25, -0.2) is 4.39 Å². The van der Waals surface area contributed by atoms with Gasteiger partial charge in [0.2, 0.25) is 0 Å². The Balaban J connectivity index is 1.42. The summed E-state index contributed by atoms with van der Waals surface area (Å²) in [7, 11) is 2.13. The summed E-state index contributed by atoms with van der Waals surface area (Å²) in [4.78, 5) is 11.6. The molecule has 2 aromatic rings. The van der Waals surface area contributed by atoms with Gasteiger partial charge in [0.1, 0.15) is 23.2 Å². The second-order valence-electron chi connectivity index (χ2n) is 11.4. The minimum Gasteiger partial charge on any atom is -0.389 e. The zero-order chi connectivity index (χ0) is 28.2. The van der Waals surface area contributed by atoms with Gasteiger partial charge in [0.25, 0.3) is 0 Å². The Morgan fingerprint density at radius 2 is 1.85 bits per heavy atom. The number of hydrogen-bond acceptors (Lipinski definition) is 2. The van der Waals surface area contributed by atoms with Crippen molar-refractivity contribution in [2.45, 2.75) is 63.8 Å². The van der Waals surface area contributed by atoms with Crippen molar-refractivity contribution in [3.05, 3.63) is 95.0 Å². The summed E-state index contributed by atoms with van der Waals surface area (Å²) in [6, 6.07) is 13.1. The van der Waals surface area contributed by atoms with Gasteiger partial charge < -0.3 is 10.4 Å². The van der Waals surface area contributed by atoms with Crippen LogP contribution in [-0.4, -0.2) is 35.9 Å². The average Bonchev–Trinajstić information content (AvgIpc) is 3.14. The Labute approximate surface area is 225 Å². The number of para-hydroxylation sites is 1. The van der Waals surface area contributed by atoms with E-state index in [0.29, 0.717) is 42.2 Å². The molecule has 0 bridgehead atoms. The normalized spacial score (nSPS) is 30.1. The maximum absolute atomic E-state index is 13.7. The molecule has 4 atom stereocenters. The Bertz CT molecular complexity index is 1390. The van der Waals surface area contributed by atoms with Crippen LogP contribution in [0.1, 0.15) is 45.1 Å². The van der Waals surface area contributed by atoms with E-state index in [0.717, 1.165) is 22.5 Å². The number of alkyl halides is 3. The minimum absolute atomic E-state index is 0.104. The molecule has 0 aromatic heterocycles. The van der Waals surface area contributed by atoms with E-state index in [2.05, 4.69) is 39.1 Å². The van der Waals surface area contributed by atoms with Gasteiger partial charge in [0.15, 0.2) is 0 Å². The fraction of sp³-hybridized carbons (Fsp3) is 0.387. The van der Waals surface area contributed by atoms with E-state index in [1.54, 1.807) is 18.2 Å². The van der Waals surface area contributed by atoms with Gasteiger partial charge in [-0.15, -0.1) is 0 Å². The molecule has 4 nitrogen and oxygen atoms in total. The number of benzene rings is 2. The largest absolute Gasteiger partial charge is 0.471 e. The fourth-order valence-corrected chi connectivity index (χ4v) is 6.58. The van der Waals surface area contributed by atoms with Gasteiger partial charge in [0, 0.05) is 28.8 Å². The molecule has 1 amide bonds. The zero-order valence-electron chi connectivity index (χ0n) is 22.3. The van der Waals surface area contributed by atoms with Crippen molar-refractivity contribution in [2.24, 2.45) is 5.41 Å². The van der Waals surface area contributed by atoms with E-state index >= 15 is 0 Å². The topological polar surface area (TPSA) is 49.3 Å². The molecule has 8 heteroatoms. The van der Waals surface area contributed by atoms with Gasteiger partial charge >= 0.3 is 12.1 Å². The molecule has 0 saturated heterocycles. The van der Waals surface area contributed by atoms with Crippen molar-refractivity contribution in [3.8, 4) is 0 Å². The zero-order valence-corrected chi connectivity index (χ0v) is 22.3. The van der Waals surface area contributed by atoms with Crippen LogP contribution in [-0.2, 0) is 11.2 Å². The first-order chi connectivity index (χ1) is 18.3. The quantitative estimate of drug-likeness (QED) is 0.317. The molecule has 2 N–H and O–H groups in total. The molecule has 2 aromatic carbocycles. The molecule has 39 heavy (non-hydrogen) atoms. The number of hydrogen-bond donors (Lipinski definition) is 2. The van der Waals surface area contributed by atoms with Crippen LogP contribution in [0.5, 0.6) is 0 Å². The molecular weight excluding hydrogens is 508 g/mol. The fourth-order valence-electron chi connectivity index (χ4n) is 6.58. The van der Waals surface area contributed by atoms with Crippen LogP contribution in [0.15, 0.2) is 83.6 Å². The predicted molar refractivity (Wildman–Crippen MR) is 144 cm³/mol. The number of nitrogens with zero attached hydrogens (tertiary/aromatic N) is 1. The molecule has 2 aliphatic carbocycles. The van der Waals surface area contributed by atoms with Crippen molar-refractivity contribution < 1.29 is 27.5 Å². The molecule has 1 saturated carbocycles. The molecule has 0 radical (unpaired) electrons. The molecule has 5 rings (SSSR count). The van der Waals surface area contributed by atoms with E-state index in [9.17, 15) is 27.5 Å². The first kappa shape index (κ1) is 27.3. The number of halogens is 4. The predicted octanol–water partition coefficient (Wildman–Crippen LogP) is 6.97. The number of likely N-dealkylation sites (N-methyl/N-ethyl adjacent to an activating group) is 1. The van der Waals surface area contributed by atoms with Crippen LogP contribution < -0.4 is 9.80 Å². The lowest BCUT2D eigenvalue weighted by Crippen LogP contribution is -2.54. The molecular formula is C31H33F4N2O2+. The number of allylic oxidation sites excluding steroid dienone is 3. The number of fused-ring (bicyclic) bond motifs is 1. The third-order valence-corrected chi connectivity index (χ3v) is 9.31. The average molecular weight is 542 g/mol. The highest BCUT2D eigenvalue weighted by atomic mass is 19.4. The summed E-state index contributed by atoms with van der Waals surface area (Å²) in [6.45, 7) is 4.21. The lowest BCUT2D eigenvalue weighted by molar-refractivity contribution is -0.167. The van der Waals surface area contributed by atoms with Crippen molar-refractivity contribution in [3.63, 3.8) is 0 Å². The molecule has 1 aliphatic heterocycles. The summed E-state index contributed by atoms with van der Waals surface area (Å²) in [5, 5.41) is 14.0. The number of carbonyl (C=O) groups is 1. The lowest BCUT2D eigenvalue weighted by Gasteiger charge is -2.48. The van der Waals surface area contributed by atoms with Crippen LogP contribution in [0, 0.1) is 11.2 Å². The monoisotopic (exact) mass is 541 g/mol. The summed E-state index contributed by atoms with van der Waals surface area (Å²) in [5.74, 6) is -2.30. The number of anilines is 1. The number of amides is 1. The number of quaternary nitrogens is 1. The smallest absolute Gasteiger partial charge is 0.389 e. The highest BCUT2D eigenvalue weighted by molar-refractivity contribution is 5.95. The summed E-state index contributed by atoms with van der Waals surface area (Å²) in [6.07, 6.45) is 4.02. The van der Waals surface area contributed by atoms with Crippen LogP contribution in [0.25, 0.3) is 0 Å². The Kier molecular flexibility index (Phi) is 6.63. The van der Waals surface area contributed by atoms with Gasteiger partial charge in [-0.2, -0.15) is 13.2 Å². The third kappa shape index (κ3) is 4.53. The Hall–Kier alpha value is -3.23. The van der Waals surface area contributed by atoms with Gasteiger partial charge in [-0.3, -0.25) is 9.28 Å². The highest BCUT2D eigenvalue weighted by Gasteiger charge is 2.56. The Morgan fingerprint density at radius 3 is 2.54 bits per heavy atom.